The summed E-state index contributed by atoms with van der Waals surface area (Å²) >= 11 is 0. The molecule has 0 amide bonds. The Morgan fingerprint density at radius 3 is 2.42 bits per heavy atom. The quantitative estimate of drug-likeness (QED) is 0.700. The number of carbonyl (C=O) groups is 2. The highest BCUT2D eigenvalue weighted by atomic mass is 35.5. The number of ether oxygens (including phenoxy) is 2. The number of methoxy groups -OCH3 is 2. The molecule has 0 radical (unpaired) electrons. The highest BCUT2D eigenvalue weighted by Gasteiger charge is 2.30. The number of hydrogen-bond acceptors (Lipinski definition) is 7. The van der Waals surface area contributed by atoms with E-state index in [-0.39, 0.29) is 40.4 Å². The van der Waals surface area contributed by atoms with Crippen molar-refractivity contribution in [2.24, 2.45) is 5.92 Å². The van der Waals surface area contributed by atoms with Crippen molar-refractivity contribution in [3.63, 3.8) is 0 Å². The lowest BCUT2D eigenvalue weighted by Gasteiger charge is -2.30. The normalized spacial score (nSPS) is 20.0. The second kappa shape index (κ2) is 9.31. The molecule has 26 heavy (non-hydrogen) atoms. The lowest BCUT2D eigenvalue weighted by atomic mass is 9.97. The van der Waals surface area contributed by atoms with Crippen LogP contribution in [0.25, 0.3) is 0 Å². The Hall–Kier alpha value is -1.68. The molecule has 1 aromatic rings. The minimum atomic E-state index is -4.03. The topological polar surface area (TPSA) is 111 Å². The zero-order chi connectivity index (χ0) is 18.6. The van der Waals surface area contributed by atoms with Gasteiger partial charge in [-0.15, -0.1) is 12.4 Å². The first-order valence-electron chi connectivity index (χ1n) is 7.84. The number of rotatable bonds is 5. The smallest absolute Gasteiger partial charge is 0.339 e. The van der Waals surface area contributed by atoms with Gasteiger partial charge >= 0.3 is 11.9 Å². The highest BCUT2D eigenvalue weighted by molar-refractivity contribution is 7.89. The Kier molecular flexibility index (Phi) is 8.01. The predicted molar refractivity (Wildman–Crippen MR) is 97.1 cm³/mol. The molecule has 1 aromatic carbocycles. The Bertz CT molecular complexity index is 768. The molecular weight excluding hydrogens is 384 g/mol. The van der Waals surface area contributed by atoms with Crippen LogP contribution < -0.4 is 10.0 Å². The van der Waals surface area contributed by atoms with Gasteiger partial charge in [-0.3, -0.25) is 0 Å². The standard InChI is InChI=1S/C16H22N2O6S.ClH/c1-10-9-17-7-6-13(10)18-25(21,22)14-8-11(15(19)23-2)4-5-12(14)16(20)24-3;/h4-5,8,10,13,17-18H,6-7,9H2,1-3H3;1H. The van der Waals surface area contributed by atoms with Crippen LogP contribution in [-0.4, -0.2) is 53.7 Å². The zero-order valence-electron chi connectivity index (χ0n) is 14.8. The van der Waals surface area contributed by atoms with Crippen LogP contribution in [0.3, 0.4) is 0 Å². The van der Waals surface area contributed by atoms with Gasteiger partial charge in [-0.25, -0.2) is 22.7 Å². The van der Waals surface area contributed by atoms with E-state index in [0.717, 1.165) is 13.2 Å². The SMILES string of the molecule is COC(=O)c1ccc(C(=O)OC)c(S(=O)(=O)NC2CCNCC2C)c1.Cl. The molecule has 2 rings (SSSR count). The molecule has 2 atom stereocenters. The first-order valence-corrected chi connectivity index (χ1v) is 9.32. The van der Waals surface area contributed by atoms with Crippen LogP contribution in [0.15, 0.2) is 23.1 Å². The monoisotopic (exact) mass is 406 g/mol. The van der Waals surface area contributed by atoms with Gasteiger partial charge in [0.05, 0.1) is 30.2 Å². The molecule has 1 heterocycles. The second-order valence-corrected chi connectivity index (χ2v) is 7.57. The predicted octanol–water partition coefficient (Wildman–Crippen LogP) is 0.958. The molecule has 146 valence electrons. The number of halogens is 1. The number of sulfonamides is 1. The van der Waals surface area contributed by atoms with E-state index in [2.05, 4.69) is 19.5 Å². The van der Waals surface area contributed by atoms with Crippen molar-refractivity contribution in [2.75, 3.05) is 27.3 Å². The number of piperidine rings is 1. The van der Waals surface area contributed by atoms with Crippen LogP contribution in [0.1, 0.15) is 34.1 Å². The number of carbonyl (C=O) groups excluding carboxylic acids is 2. The number of esters is 2. The summed E-state index contributed by atoms with van der Waals surface area (Å²) in [6.45, 7) is 3.33. The van der Waals surface area contributed by atoms with Crippen LogP contribution in [0.2, 0.25) is 0 Å². The van der Waals surface area contributed by atoms with Crippen molar-refractivity contribution in [2.45, 2.75) is 24.3 Å². The summed E-state index contributed by atoms with van der Waals surface area (Å²) in [6, 6.07) is 3.44. The van der Waals surface area contributed by atoms with Crippen molar-refractivity contribution in [1.82, 2.24) is 10.0 Å². The van der Waals surface area contributed by atoms with Crippen LogP contribution >= 0.6 is 12.4 Å². The van der Waals surface area contributed by atoms with E-state index in [9.17, 15) is 18.0 Å². The summed E-state index contributed by atoms with van der Waals surface area (Å²) in [5.41, 5.74) is -0.0990. The molecule has 2 N–H and O–H groups in total. The first kappa shape index (κ1) is 22.4. The highest BCUT2D eigenvalue weighted by Crippen LogP contribution is 2.22. The average molecular weight is 407 g/mol. The number of nitrogens with one attached hydrogen (secondary N) is 2. The van der Waals surface area contributed by atoms with Gasteiger partial charge < -0.3 is 14.8 Å². The van der Waals surface area contributed by atoms with Crippen molar-refractivity contribution >= 4 is 34.4 Å². The minimum absolute atomic E-state index is 0. The molecule has 0 bridgehead atoms. The molecule has 1 saturated heterocycles. The summed E-state index contributed by atoms with van der Waals surface area (Å²) in [4.78, 5) is 23.4. The van der Waals surface area contributed by atoms with Crippen molar-refractivity contribution in [3.05, 3.63) is 29.3 Å². The third-order valence-corrected chi connectivity index (χ3v) is 5.72. The first-order chi connectivity index (χ1) is 11.8. The molecule has 8 nitrogen and oxygen atoms in total. The van der Waals surface area contributed by atoms with E-state index in [1.165, 1.54) is 19.2 Å². The van der Waals surface area contributed by atoms with E-state index in [4.69, 9.17) is 0 Å². The summed E-state index contributed by atoms with van der Waals surface area (Å²) in [5, 5.41) is 3.19. The van der Waals surface area contributed by atoms with E-state index >= 15 is 0 Å². The lowest BCUT2D eigenvalue weighted by Crippen LogP contribution is -2.48. The van der Waals surface area contributed by atoms with Gasteiger partial charge in [0, 0.05) is 6.04 Å². The van der Waals surface area contributed by atoms with E-state index < -0.39 is 22.0 Å². The van der Waals surface area contributed by atoms with Crippen molar-refractivity contribution in [3.8, 4) is 0 Å². The van der Waals surface area contributed by atoms with Gasteiger partial charge in [0.2, 0.25) is 10.0 Å². The molecule has 1 fully saturated rings. The molecule has 1 aliphatic heterocycles. The van der Waals surface area contributed by atoms with Gasteiger partial charge in [-0.2, -0.15) is 0 Å². The second-order valence-electron chi connectivity index (χ2n) is 5.89. The molecule has 0 saturated carbocycles. The van der Waals surface area contributed by atoms with E-state index in [1.54, 1.807) is 0 Å². The Labute approximate surface area is 159 Å². The van der Waals surface area contributed by atoms with Crippen LogP contribution in [0.4, 0.5) is 0 Å². The average Bonchev–Trinajstić information content (AvgIpc) is 2.61. The van der Waals surface area contributed by atoms with E-state index in [1.807, 2.05) is 6.92 Å². The molecule has 10 heteroatoms. The molecule has 2 unspecified atom stereocenters. The zero-order valence-corrected chi connectivity index (χ0v) is 16.4. The summed E-state index contributed by atoms with van der Waals surface area (Å²) in [7, 11) is -1.67. The van der Waals surface area contributed by atoms with Gasteiger partial charge in [0.25, 0.3) is 0 Å². The Balaban J connectivity index is 0.00000338. The molecule has 0 aromatic heterocycles. The summed E-state index contributed by atoms with van der Waals surface area (Å²) in [5.74, 6) is -1.40. The molecule has 0 aliphatic carbocycles. The van der Waals surface area contributed by atoms with Crippen molar-refractivity contribution in [1.29, 1.82) is 0 Å². The Morgan fingerprint density at radius 1 is 1.19 bits per heavy atom. The maximum atomic E-state index is 12.9. The fraction of sp³-hybridized carbons (Fsp3) is 0.500. The lowest BCUT2D eigenvalue weighted by molar-refractivity contribution is 0.0583. The summed E-state index contributed by atoms with van der Waals surface area (Å²) in [6.07, 6.45) is 0.630. The summed E-state index contributed by atoms with van der Waals surface area (Å²) < 4.78 is 37.6. The maximum absolute atomic E-state index is 12.9. The fourth-order valence-corrected chi connectivity index (χ4v) is 4.32. The van der Waals surface area contributed by atoms with Gasteiger partial charge in [0.15, 0.2) is 0 Å². The third kappa shape index (κ3) is 4.94. The molecular formula is C16H23ClN2O6S. The third-order valence-electron chi connectivity index (χ3n) is 4.19. The maximum Gasteiger partial charge on any atom is 0.339 e. The van der Waals surface area contributed by atoms with Crippen LogP contribution in [-0.2, 0) is 19.5 Å². The molecule has 1 aliphatic rings. The van der Waals surface area contributed by atoms with Gasteiger partial charge in [0.1, 0.15) is 0 Å². The van der Waals surface area contributed by atoms with Crippen molar-refractivity contribution < 1.29 is 27.5 Å². The van der Waals surface area contributed by atoms with Gasteiger partial charge in [-0.1, -0.05) is 6.92 Å². The minimum Gasteiger partial charge on any atom is -0.465 e. The number of benzene rings is 1. The Morgan fingerprint density at radius 2 is 1.85 bits per heavy atom. The largest absolute Gasteiger partial charge is 0.465 e. The van der Waals surface area contributed by atoms with Crippen LogP contribution in [0, 0.1) is 5.92 Å². The number of hydrogen-bond donors (Lipinski definition) is 2. The van der Waals surface area contributed by atoms with E-state index in [0.29, 0.717) is 19.5 Å². The molecule has 0 spiro atoms. The van der Waals surface area contributed by atoms with Gasteiger partial charge in [-0.05, 0) is 43.6 Å². The van der Waals surface area contributed by atoms with Crippen LogP contribution in [0.5, 0.6) is 0 Å². The fourth-order valence-electron chi connectivity index (χ4n) is 2.72.